The number of thiazole rings is 1. The van der Waals surface area contributed by atoms with Crippen LogP contribution in [0.25, 0.3) is 10.2 Å². The molecule has 122 valence electrons. The van der Waals surface area contributed by atoms with Crippen LogP contribution in [0.4, 0.5) is 13.2 Å². The average molecular weight is 348 g/mol. The lowest BCUT2D eigenvalue weighted by Gasteiger charge is -2.02. The van der Waals surface area contributed by atoms with Gasteiger partial charge in [0.05, 0.1) is 10.2 Å². The molecule has 3 nitrogen and oxygen atoms in total. The number of benzene rings is 2. The molecule has 0 atom stereocenters. The number of hydrogen-bond acceptors (Lipinski definition) is 2. The van der Waals surface area contributed by atoms with Gasteiger partial charge in [-0.2, -0.15) is 4.99 Å². The van der Waals surface area contributed by atoms with Gasteiger partial charge in [0, 0.05) is 6.54 Å². The van der Waals surface area contributed by atoms with E-state index in [-0.39, 0.29) is 4.80 Å². The van der Waals surface area contributed by atoms with Crippen LogP contribution >= 0.6 is 11.3 Å². The lowest BCUT2D eigenvalue weighted by atomic mass is 10.2. The predicted octanol–water partition coefficient (Wildman–Crippen LogP) is 4.05. The van der Waals surface area contributed by atoms with Crippen molar-refractivity contribution < 1.29 is 18.0 Å². The summed E-state index contributed by atoms with van der Waals surface area (Å²) in [6.45, 7) is 3.95. The van der Waals surface area contributed by atoms with Crippen LogP contribution in [0.1, 0.15) is 10.4 Å². The van der Waals surface area contributed by atoms with Crippen LogP contribution in [0.3, 0.4) is 0 Å². The normalized spacial score (nSPS) is 11.9. The quantitative estimate of drug-likeness (QED) is 0.658. The van der Waals surface area contributed by atoms with Crippen molar-refractivity contribution in [2.24, 2.45) is 4.99 Å². The molecule has 0 aliphatic heterocycles. The molecule has 1 amide bonds. The van der Waals surface area contributed by atoms with E-state index in [2.05, 4.69) is 11.6 Å². The van der Waals surface area contributed by atoms with E-state index in [1.165, 1.54) is 18.2 Å². The molecule has 2 aromatic carbocycles. The number of amides is 1. The molecule has 0 saturated heterocycles. The van der Waals surface area contributed by atoms with Crippen molar-refractivity contribution in [2.45, 2.75) is 6.54 Å². The minimum absolute atomic E-state index is 0.211. The Labute approximate surface area is 139 Å². The van der Waals surface area contributed by atoms with Gasteiger partial charge in [-0.25, -0.2) is 13.2 Å². The highest BCUT2D eigenvalue weighted by Gasteiger charge is 2.17. The Hall–Kier alpha value is -2.67. The molecule has 0 fully saturated rings. The molecule has 1 heterocycles. The highest BCUT2D eigenvalue weighted by atomic mass is 32.1. The number of nitrogens with zero attached hydrogens (tertiary/aromatic N) is 2. The highest BCUT2D eigenvalue weighted by molar-refractivity contribution is 7.16. The van der Waals surface area contributed by atoms with Crippen LogP contribution in [-0.2, 0) is 6.54 Å². The Morgan fingerprint density at radius 3 is 2.58 bits per heavy atom. The zero-order valence-electron chi connectivity index (χ0n) is 12.3. The Bertz CT molecular complexity index is 1000. The van der Waals surface area contributed by atoms with Crippen molar-refractivity contribution >= 4 is 27.5 Å². The summed E-state index contributed by atoms with van der Waals surface area (Å²) in [6.07, 6.45) is 1.59. The van der Waals surface area contributed by atoms with Crippen molar-refractivity contribution in [2.75, 3.05) is 0 Å². The number of rotatable bonds is 3. The smallest absolute Gasteiger partial charge is 0.285 e. The van der Waals surface area contributed by atoms with Gasteiger partial charge in [0.1, 0.15) is 23.0 Å². The lowest BCUT2D eigenvalue weighted by molar-refractivity contribution is 0.0990. The number of hydrogen-bond donors (Lipinski definition) is 0. The number of aromatic nitrogens is 1. The highest BCUT2D eigenvalue weighted by Crippen LogP contribution is 2.19. The molecule has 24 heavy (non-hydrogen) atoms. The van der Waals surface area contributed by atoms with Gasteiger partial charge in [-0.1, -0.05) is 23.5 Å². The molecular formula is C17H11F3N2OS. The molecular weight excluding hydrogens is 337 g/mol. The van der Waals surface area contributed by atoms with Gasteiger partial charge in [-0.05, 0) is 30.3 Å². The zero-order valence-corrected chi connectivity index (χ0v) is 13.1. The van der Waals surface area contributed by atoms with Crippen LogP contribution in [0.15, 0.2) is 54.0 Å². The van der Waals surface area contributed by atoms with Crippen LogP contribution in [0.2, 0.25) is 0 Å². The average Bonchev–Trinajstić information content (AvgIpc) is 2.84. The maximum absolute atomic E-state index is 13.7. The summed E-state index contributed by atoms with van der Waals surface area (Å²) in [6, 6.07) is 7.30. The molecule has 0 N–H and O–H groups in total. The summed E-state index contributed by atoms with van der Waals surface area (Å²) >= 11 is 1.06. The Morgan fingerprint density at radius 1 is 1.21 bits per heavy atom. The molecule has 3 rings (SSSR count). The molecule has 0 saturated carbocycles. The van der Waals surface area contributed by atoms with Crippen molar-refractivity contribution in [1.29, 1.82) is 0 Å². The van der Waals surface area contributed by atoms with E-state index in [0.29, 0.717) is 16.8 Å². The van der Waals surface area contributed by atoms with Gasteiger partial charge >= 0.3 is 0 Å². The minimum atomic E-state index is -1.03. The third kappa shape index (κ3) is 2.90. The molecule has 0 unspecified atom stereocenters. The monoisotopic (exact) mass is 348 g/mol. The van der Waals surface area contributed by atoms with E-state index in [1.54, 1.807) is 16.7 Å². The molecule has 0 aliphatic carbocycles. The maximum atomic E-state index is 13.7. The first-order valence-corrected chi connectivity index (χ1v) is 7.76. The molecule has 0 aliphatic rings. The van der Waals surface area contributed by atoms with Gasteiger partial charge in [0.2, 0.25) is 0 Å². The number of halogens is 3. The van der Waals surface area contributed by atoms with Gasteiger partial charge in [-0.15, -0.1) is 6.58 Å². The third-order valence-corrected chi connectivity index (χ3v) is 4.37. The second-order valence-electron chi connectivity index (χ2n) is 4.91. The number of carbonyl (C=O) groups excluding carboxylic acids is 1. The maximum Gasteiger partial charge on any atom is 0.285 e. The van der Waals surface area contributed by atoms with Crippen molar-refractivity contribution in [3.05, 3.63) is 76.9 Å². The van der Waals surface area contributed by atoms with Gasteiger partial charge in [0.25, 0.3) is 5.91 Å². The third-order valence-electron chi connectivity index (χ3n) is 3.33. The first kappa shape index (κ1) is 16.2. The number of fused-ring (bicyclic) bond motifs is 1. The standard InChI is InChI=1S/C17H11F3N2OS/c1-2-8-22-13-7-6-10(18)9-14(13)24-17(22)21-16(23)15-11(19)4-3-5-12(15)20/h2-7,9H,1,8H2. The van der Waals surface area contributed by atoms with Gasteiger partial charge in [0.15, 0.2) is 4.80 Å². The van der Waals surface area contributed by atoms with Crippen LogP contribution in [0.5, 0.6) is 0 Å². The lowest BCUT2D eigenvalue weighted by Crippen LogP contribution is -2.17. The summed E-state index contributed by atoms with van der Waals surface area (Å²) in [5.41, 5.74) is -0.0619. The van der Waals surface area contributed by atoms with E-state index >= 15 is 0 Å². The Morgan fingerprint density at radius 2 is 1.92 bits per heavy atom. The molecule has 1 aromatic heterocycles. The molecule has 7 heteroatoms. The topological polar surface area (TPSA) is 34.4 Å². The summed E-state index contributed by atoms with van der Waals surface area (Å²) in [5, 5.41) is 0. The van der Waals surface area contributed by atoms with Crippen LogP contribution in [0, 0.1) is 17.5 Å². The van der Waals surface area contributed by atoms with Gasteiger partial charge < -0.3 is 4.57 Å². The fourth-order valence-electron chi connectivity index (χ4n) is 2.28. The van der Waals surface area contributed by atoms with E-state index < -0.39 is 28.9 Å². The zero-order chi connectivity index (χ0) is 17.3. The summed E-state index contributed by atoms with van der Waals surface area (Å²) in [4.78, 5) is 16.2. The fourth-order valence-corrected chi connectivity index (χ4v) is 3.35. The minimum Gasteiger partial charge on any atom is -0.312 e. The van der Waals surface area contributed by atoms with Crippen molar-refractivity contribution in [3.8, 4) is 0 Å². The first-order valence-electron chi connectivity index (χ1n) is 6.94. The van der Waals surface area contributed by atoms with Crippen molar-refractivity contribution in [3.63, 3.8) is 0 Å². The fraction of sp³-hybridized carbons (Fsp3) is 0.0588. The van der Waals surface area contributed by atoms with E-state index in [9.17, 15) is 18.0 Å². The Balaban J connectivity index is 2.21. The summed E-state index contributed by atoms with van der Waals surface area (Å²) < 4.78 is 43.0. The van der Waals surface area contributed by atoms with Crippen molar-refractivity contribution in [1.82, 2.24) is 4.57 Å². The first-order chi connectivity index (χ1) is 11.5. The predicted molar refractivity (Wildman–Crippen MR) is 86.2 cm³/mol. The molecule has 0 bridgehead atoms. The molecule has 0 radical (unpaired) electrons. The van der Waals surface area contributed by atoms with E-state index in [1.807, 2.05) is 0 Å². The molecule has 3 aromatic rings. The van der Waals surface area contributed by atoms with Gasteiger partial charge in [-0.3, -0.25) is 4.79 Å². The summed E-state index contributed by atoms with van der Waals surface area (Å²) in [5.74, 6) is -3.42. The van der Waals surface area contributed by atoms with Crippen LogP contribution < -0.4 is 4.80 Å². The second-order valence-corrected chi connectivity index (χ2v) is 5.92. The van der Waals surface area contributed by atoms with Crippen LogP contribution in [-0.4, -0.2) is 10.5 Å². The SMILES string of the molecule is C=CCn1c(=NC(=O)c2c(F)cccc2F)sc2cc(F)ccc21. The van der Waals surface area contributed by atoms with E-state index in [4.69, 9.17) is 0 Å². The number of carbonyl (C=O) groups is 1. The molecule has 0 spiro atoms. The largest absolute Gasteiger partial charge is 0.312 e. The van der Waals surface area contributed by atoms with E-state index in [0.717, 1.165) is 23.5 Å². The summed E-state index contributed by atoms with van der Waals surface area (Å²) in [7, 11) is 0. The number of allylic oxidation sites excluding steroid dienone is 1. The Kier molecular flexibility index (Phi) is 4.35. The second kappa shape index (κ2) is 6.45.